The van der Waals surface area contributed by atoms with Gasteiger partial charge >= 0.3 is 0 Å². The Bertz CT molecular complexity index is 1070. The average molecular weight is 459 g/mol. The summed E-state index contributed by atoms with van der Waals surface area (Å²) in [7, 11) is 3.05. The Kier molecular flexibility index (Phi) is 8.10. The van der Waals surface area contributed by atoms with Crippen molar-refractivity contribution >= 4 is 17.7 Å². The molecule has 3 aromatic rings. The van der Waals surface area contributed by atoms with E-state index in [0.717, 1.165) is 0 Å². The summed E-state index contributed by atoms with van der Waals surface area (Å²) in [6.07, 6.45) is 0. The molecule has 0 radical (unpaired) electrons. The second-order valence-corrected chi connectivity index (χ2v) is 8.47. The fourth-order valence-electron chi connectivity index (χ4n) is 3.11. The molecule has 0 bridgehead atoms. The van der Waals surface area contributed by atoms with Crippen LogP contribution in [0.25, 0.3) is 0 Å². The quantitative estimate of drug-likeness (QED) is 0.456. The van der Waals surface area contributed by atoms with Crippen molar-refractivity contribution < 1.29 is 18.7 Å². The summed E-state index contributed by atoms with van der Waals surface area (Å²) in [6, 6.07) is 11.7. The van der Waals surface area contributed by atoms with Gasteiger partial charge in [0, 0.05) is 12.3 Å². The van der Waals surface area contributed by atoms with E-state index in [2.05, 4.69) is 29.4 Å². The number of ether oxygens (including phenoxy) is 2. The Labute approximate surface area is 191 Å². The van der Waals surface area contributed by atoms with E-state index in [-0.39, 0.29) is 18.3 Å². The third kappa shape index (κ3) is 5.79. The molecular formula is C23H27FN4O3S. The third-order valence-corrected chi connectivity index (χ3v) is 5.73. The number of nitrogens with zero attached hydrogens (tertiary/aromatic N) is 3. The van der Waals surface area contributed by atoms with E-state index in [1.54, 1.807) is 37.4 Å². The van der Waals surface area contributed by atoms with Crippen molar-refractivity contribution in [1.82, 2.24) is 20.1 Å². The SMILES string of the molecule is COc1ccc(OC)c(C(=O)NCc2nnc(SCc3ccccc3F)n2CC(C)C)c1. The molecule has 32 heavy (non-hydrogen) atoms. The first-order chi connectivity index (χ1) is 15.4. The molecule has 0 fully saturated rings. The van der Waals surface area contributed by atoms with Crippen molar-refractivity contribution in [2.75, 3.05) is 14.2 Å². The Morgan fingerprint density at radius 2 is 1.94 bits per heavy atom. The molecule has 0 saturated heterocycles. The normalized spacial score (nSPS) is 10.9. The molecule has 0 aliphatic rings. The second-order valence-electron chi connectivity index (χ2n) is 7.53. The molecule has 0 spiro atoms. The first kappa shape index (κ1) is 23.6. The van der Waals surface area contributed by atoms with E-state index in [1.807, 2.05) is 10.6 Å². The number of halogens is 1. The lowest BCUT2D eigenvalue weighted by molar-refractivity contribution is 0.0946. The summed E-state index contributed by atoms with van der Waals surface area (Å²) in [5, 5.41) is 12.1. The minimum atomic E-state index is -0.305. The number of rotatable bonds is 10. The van der Waals surface area contributed by atoms with Crippen LogP contribution in [0.5, 0.6) is 11.5 Å². The molecule has 0 aliphatic carbocycles. The van der Waals surface area contributed by atoms with Crippen LogP contribution in [0.2, 0.25) is 0 Å². The number of benzene rings is 2. The molecule has 1 N–H and O–H groups in total. The van der Waals surface area contributed by atoms with Gasteiger partial charge in [0.25, 0.3) is 5.91 Å². The number of nitrogens with one attached hydrogen (secondary N) is 1. The second kappa shape index (κ2) is 11.0. The van der Waals surface area contributed by atoms with Gasteiger partial charge < -0.3 is 19.4 Å². The van der Waals surface area contributed by atoms with Gasteiger partial charge in [0.1, 0.15) is 17.3 Å². The van der Waals surface area contributed by atoms with Gasteiger partial charge in [0.2, 0.25) is 0 Å². The summed E-state index contributed by atoms with van der Waals surface area (Å²) in [4.78, 5) is 12.8. The molecule has 0 unspecified atom stereocenters. The molecule has 1 amide bonds. The fourth-order valence-corrected chi connectivity index (χ4v) is 4.06. The van der Waals surface area contributed by atoms with Gasteiger partial charge in [0.05, 0.1) is 26.3 Å². The maximum atomic E-state index is 14.0. The van der Waals surface area contributed by atoms with Gasteiger partial charge in [-0.05, 0) is 35.7 Å². The van der Waals surface area contributed by atoms with Crippen LogP contribution >= 0.6 is 11.8 Å². The smallest absolute Gasteiger partial charge is 0.255 e. The molecule has 2 aromatic carbocycles. The van der Waals surface area contributed by atoms with Crippen LogP contribution in [0.4, 0.5) is 4.39 Å². The summed E-state index contributed by atoms with van der Waals surface area (Å²) in [5.74, 6) is 1.88. The maximum absolute atomic E-state index is 14.0. The van der Waals surface area contributed by atoms with E-state index in [0.29, 0.717) is 51.8 Å². The van der Waals surface area contributed by atoms with E-state index < -0.39 is 0 Å². The number of carbonyl (C=O) groups excluding carboxylic acids is 1. The van der Waals surface area contributed by atoms with Crippen molar-refractivity contribution in [2.24, 2.45) is 5.92 Å². The molecular weight excluding hydrogens is 431 g/mol. The van der Waals surface area contributed by atoms with Crippen molar-refractivity contribution in [2.45, 2.75) is 37.8 Å². The molecule has 0 aliphatic heterocycles. The molecule has 170 valence electrons. The summed E-state index contributed by atoms with van der Waals surface area (Å²) in [6.45, 7) is 5.06. The number of hydrogen-bond acceptors (Lipinski definition) is 6. The zero-order chi connectivity index (χ0) is 23.1. The largest absolute Gasteiger partial charge is 0.497 e. The highest BCUT2D eigenvalue weighted by molar-refractivity contribution is 7.98. The van der Waals surface area contributed by atoms with E-state index >= 15 is 0 Å². The van der Waals surface area contributed by atoms with Crippen LogP contribution in [-0.2, 0) is 18.8 Å². The molecule has 7 nitrogen and oxygen atoms in total. The Hall–Kier alpha value is -3.07. The Morgan fingerprint density at radius 1 is 1.16 bits per heavy atom. The first-order valence-electron chi connectivity index (χ1n) is 10.2. The topological polar surface area (TPSA) is 78.3 Å². The van der Waals surface area contributed by atoms with Gasteiger partial charge in [-0.25, -0.2) is 4.39 Å². The van der Waals surface area contributed by atoms with Crippen molar-refractivity contribution in [3.8, 4) is 11.5 Å². The fraction of sp³-hybridized carbons (Fsp3) is 0.348. The summed E-state index contributed by atoms with van der Waals surface area (Å²) < 4.78 is 26.5. The summed E-state index contributed by atoms with van der Waals surface area (Å²) >= 11 is 1.42. The monoisotopic (exact) mass is 458 g/mol. The van der Waals surface area contributed by atoms with Gasteiger partial charge in [-0.15, -0.1) is 10.2 Å². The van der Waals surface area contributed by atoms with Crippen LogP contribution < -0.4 is 14.8 Å². The van der Waals surface area contributed by atoms with Gasteiger partial charge in [-0.2, -0.15) is 0 Å². The van der Waals surface area contributed by atoms with Crippen LogP contribution in [0.1, 0.15) is 35.6 Å². The Morgan fingerprint density at radius 3 is 2.62 bits per heavy atom. The van der Waals surface area contributed by atoms with Crippen molar-refractivity contribution in [3.05, 3.63) is 65.2 Å². The third-order valence-electron chi connectivity index (χ3n) is 4.71. The number of amides is 1. The van der Waals surface area contributed by atoms with Gasteiger partial charge in [-0.3, -0.25) is 4.79 Å². The van der Waals surface area contributed by atoms with Crippen molar-refractivity contribution in [1.29, 1.82) is 0 Å². The number of hydrogen-bond donors (Lipinski definition) is 1. The van der Waals surface area contributed by atoms with E-state index in [4.69, 9.17) is 9.47 Å². The highest BCUT2D eigenvalue weighted by Crippen LogP contribution is 2.25. The van der Waals surface area contributed by atoms with Crippen LogP contribution in [0.15, 0.2) is 47.6 Å². The minimum Gasteiger partial charge on any atom is -0.497 e. The highest BCUT2D eigenvalue weighted by Gasteiger charge is 2.18. The zero-order valence-electron chi connectivity index (χ0n) is 18.6. The van der Waals surface area contributed by atoms with Crippen molar-refractivity contribution in [3.63, 3.8) is 0 Å². The van der Waals surface area contributed by atoms with E-state index in [9.17, 15) is 9.18 Å². The molecule has 0 saturated carbocycles. The summed E-state index contributed by atoms with van der Waals surface area (Å²) in [5.41, 5.74) is 0.979. The molecule has 0 atom stereocenters. The minimum absolute atomic E-state index is 0.194. The van der Waals surface area contributed by atoms with Crippen LogP contribution in [-0.4, -0.2) is 34.9 Å². The molecule has 9 heteroatoms. The standard InChI is InChI=1S/C23H27FN4O3S/c1-15(2)13-28-21(26-27-23(28)32-14-16-7-5-6-8-19(16)24)12-25-22(29)18-11-17(30-3)9-10-20(18)31-4/h5-11,15H,12-14H2,1-4H3,(H,25,29). The van der Waals surface area contributed by atoms with Gasteiger partial charge in [-0.1, -0.05) is 43.8 Å². The number of carbonyl (C=O) groups is 1. The lowest BCUT2D eigenvalue weighted by atomic mass is 10.1. The highest BCUT2D eigenvalue weighted by atomic mass is 32.2. The van der Waals surface area contributed by atoms with Crippen LogP contribution in [0, 0.1) is 11.7 Å². The average Bonchev–Trinajstić information content (AvgIpc) is 3.17. The number of methoxy groups -OCH3 is 2. The molecule has 3 rings (SSSR count). The maximum Gasteiger partial charge on any atom is 0.255 e. The Balaban J connectivity index is 1.75. The van der Waals surface area contributed by atoms with Gasteiger partial charge in [0.15, 0.2) is 11.0 Å². The lowest BCUT2D eigenvalue weighted by Crippen LogP contribution is -2.25. The predicted octanol–water partition coefficient (Wildman–Crippen LogP) is 4.31. The van der Waals surface area contributed by atoms with E-state index in [1.165, 1.54) is 24.9 Å². The van der Waals surface area contributed by atoms with Crippen LogP contribution in [0.3, 0.4) is 0 Å². The lowest BCUT2D eigenvalue weighted by Gasteiger charge is -2.14. The molecule has 1 aromatic heterocycles. The molecule has 1 heterocycles. The zero-order valence-corrected chi connectivity index (χ0v) is 19.4. The first-order valence-corrected chi connectivity index (χ1v) is 11.2. The predicted molar refractivity (Wildman–Crippen MR) is 122 cm³/mol. The number of aromatic nitrogens is 3. The number of thioether (sulfide) groups is 1.